The molecule has 4 nitrogen and oxygen atoms in total. The van der Waals surface area contributed by atoms with Gasteiger partial charge in [-0.2, -0.15) is 0 Å². The summed E-state index contributed by atoms with van der Waals surface area (Å²) in [7, 11) is 0. The van der Waals surface area contributed by atoms with Crippen molar-refractivity contribution in [3.63, 3.8) is 0 Å². The first-order chi connectivity index (χ1) is 9.75. The van der Waals surface area contributed by atoms with E-state index in [9.17, 15) is 4.79 Å². The Morgan fingerprint density at radius 3 is 2.75 bits per heavy atom. The van der Waals surface area contributed by atoms with Crippen LogP contribution in [0.4, 0.5) is 5.69 Å². The molecular formula is C16H17N3O. The Bertz CT molecular complexity index is 639. The second-order valence-electron chi connectivity index (χ2n) is 5.04. The van der Waals surface area contributed by atoms with Gasteiger partial charge in [0.2, 0.25) is 0 Å². The van der Waals surface area contributed by atoms with Crippen LogP contribution in [0.5, 0.6) is 0 Å². The minimum Gasteiger partial charge on any atom is -0.397 e. The number of rotatable bonds is 1. The maximum Gasteiger partial charge on any atom is 0.274 e. The second-order valence-corrected chi connectivity index (χ2v) is 5.04. The Hall–Kier alpha value is -2.36. The van der Waals surface area contributed by atoms with Crippen molar-refractivity contribution in [1.29, 1.82) is 0 Å². The summed E-state index contributed by atoms with van der Waals surface area (Å²) in [5, 5.41) is 0. The summed E-state index contributed by atoms with van der Waals surface area (Å²) in [5.74, 6) is -0.0835. The summed E-state index contributed by atoms with van der Waals surface area (Å²) in [6.45, 7) is 1.37. The van der Waals surface area contributed by atoms with Crippen molar-refractivity contribution >= 4 is 11.6 Å². The topological polar surface area (TPSA) is 59.2 Å². The summed E-state index contributed by atoms with van der Waals surface area (Å²) >= 11 is 0. The van der Waals surface area contributed by atoms with Gasteiger partial charge in [-0.1, -0.05) is 24.3 Å². The molecule has 1 aromatic heterocycles. The van der Waals surface area contributed by atoms with Crippen molar-refractivity contribution in [1.82, 2.24) is 9.88 Å². The van der Waals surface area contributed by atoms with Crippen molar-refractivity contribution in [2.75, 3.05) is 12.3 Å². The molecule has 1 aromatic carbocycles. The Morgan fingerprint density at radius 2 is 1.95 bits per heavy atom. The van der Waals surface area contributed by atoms with E-state index in [0.717, 1.165) is 19.4 Å². The van der Waals surface area contributed by atoms with Crippen LogP contribution >= 0.6 is 0 Å². The van der Waals surface area contributed by atoms with E-state index < -0.39 is 0 Å². The van der Waals surface area contributed by atoms with E-state index in [1.54, 1.807) is 18.3 Å². The van der Waals surface area contributed by atoms with E-state index >= 15 is 0 Å². The lowest BCUT2D eigenvalue weighted by Crippen LogP contribution is -2.31. The summed E-state index contributed by atoms with van der Waals surface area (Å²) in [5.41, 5.74) is 9.19. The number of carbonyl (C=O) groups is 1. The SMILES string of the molecule is Nc1cccnc1C(=O)N1CCCc2ccccc2C1. The molecule has 20 heavy (non-hydrogen) atoms. The normalized spacial score (nSPS) is 14.5. The number of nitrogens with zero attached hydrogens (tertiary/aromatic N) is 2. The monoisotopic (exact) mass is 267 g/mol. The summed E-state index contributed by atoms with van der Waals surface area (Å²) in [4.78, 5) is 18.5. The quantitative estimate of drug-likeness (QED) is 0.862. The molecule has 2 N–H and O–H groups in total. The summed E-state index contributed by atoms with van der Waals surface area (Å²) in [6, 6.07) is 11.7. The van der Waals surface area contributed by atoms with Gasteiger partial charge in [0.05, 0.1) is 5.69 Å². The van der Waals surface area contributed by atoms with Crippen LogP contribution in [0.3, 0.4) is 0 Å². The highest BCUT2D eigenvalue weighted by molar-refractivity contribution is 5.97. The molecule has 2 heterocycles. The average molecular weight is 267 g/mol. The van der Waals surface area contributed by atoms with Crippen LogP contribution in [-0.4, -0.2) is 22.3 Å². The fraction of sp³-hybridized carbons (Fsp3) is 0.250. The minimum atomic E-state index is -0.0835. The van der Waals surface area contributed by atoms with Crippen molar-refractivity contribution < 1.29 is 4.79 Å². The number of hydrogen-bond acceptors (Lipinski definition) is 3. The van der Waals surface area contributed by atoms with Gasteiger partial charge in [0.15, 0.2) is 5.69 Å². The van der Waals surface area contributed by atoms with E-state index in [1.165, 1.54) is 11.1 Å². The van der Waals surface area contributed by atoms with E-state index in [4.69, 9.17) is 5.73 Å². The van der Waals surface area contributed by atoms with E-state index in [1.807, 2.05) is 17.0 Å². The van der Waals surface area contributed by atoms with Crippen LogP contribution in [0.1, 0.15) is 28.0 Å². The minimum absolute atomic E-state index is 0.0835. The smallest absolute Gasteiger partial charge is 0.274 e. The number of carbonyl (C=O) groups excluding carboxylic acids is 1. The maximum absolute atomic E-state index is 12.6. The molecule has 0 saturated carbocycles. The van der Waals surface area contributed by atoms with E-state index in [-0.39, 0.29) is 5.91 Å². The molecule has 0 atom stereocenters. The zero-order valence-electron chi connectivity index (χ0n) is 11.2. The molecule has 0 unspecified atom stereocenters. The van der Waals surface area contributed by atoms with Crippen molar-refractivity contribution in [3.05, 3.63) is 59.4 Å². The Morgan fingerprint density at radius 1 is 1.15 bits per heavy atom. The van der Waals surface area contributed by atoms with Crippen LogP contribution in [-0.2, 0) is 13.0 Å². The molecule has 0 saturated heterocycles. The van der Waals surface area contributed by atoms with Gasteiger partial charge in [-0.15, -0.1) is 0 Å². The summed E-state index contributed by atoms with van der Waals surface area (Å²) in [6.07, 6.45) is 3.59. The number of nitrogens with two attached hydrogens (primary N) is 1. The Kier molecular flexibility index (Phi) is 3.37. The third-order valence-electron chi connectivity index (χ3n) is 3.68. The molecule has 102 valence electrons. The van der Waals surface area contributed by atoms with E-state index in [2.05, 4.69) is 17.1 Å². The van der Waals surface area contributed by atoms with Crippen molar-refractivity contribution in [2.45, 2.75) is 19.4 Å². The summed E-state index contributed by atoms with van der Waals surface area (Å²) < 4.78 is 0. The predicted octanol–water partition coefficient (Wildman–Crippen LogP) is 2.25. The fourth-order valence-electron chi connectivity index (χ4n) is 2.62. The predicted molar refractivity (Wildman–Crippen MR) is 78.2 cm³/mol. The standard InChI is InChI=1S/C16H17N3O/c17-14-8-3-9-18-15(14)16(20)19-10-4-7-12-5-1-2-6-13(12)11-19/h1-3,5-6,8-9H,4,7,10-11,17H2. The third kappa shape index (κ3) is 2.37. The van der Waals surface area contributed by atoms with Gasteiger partial charge in [0.25, 0.3) is 5.91 Å². The molecule has 0 aliphatic carbocycles. The van der Waals surface area contributed by atoms with E-state index in [0.29, 0.717) is 17.9 Å². The van der Waals surface area contributed by atoms with Crippen LogP contribution in [0.15, 0.2) is 42.6 Å². The Labute approximate surface area is 118 Å². The number of aryl methyl sites for hydroxylation is 1. The highest BCUT2D eigenvalue weighted by Gasteiger charge is 2.22. The van der Waals surface area contributed by atoms with Gasteiger partial charge < -0.3 is 10.6 Å². The lowest BCUT2D eigenvalue weighted by atomic mass is 10.0. The molecule has 1 aliphatic heterocycles. The van der Waals surface area contributed by atoms with Crippen molar-refractivity contribution in [2.24, 2.45) is 0 Å². The molecule has 1 amide bonds. The van der Waals surface area contributed by atoms with Crippen LogP contribution < -0.4 is 5.73 Å². The molecule has 0 spiro atoms. The molecule has 0 bridgehead atoms. The van der Waals surface area contributed by atoms with Crippen LogP contribution in [0.25, 0.3) is 0 Å². The van der Waals surface area contributed by atoms with Gasteiger partial charge >= 0.3 is 0 Å². The number of nitrogen functional groups attached to an aromatic ring is 1. The molecule has 2 aromatic rings. The number of amides is 1. The molecule has 1 aliphatic rings. The first kappa shape index (κ1) is 12.7. The molecule has 0 fully saturated rings. The number of aromatic nitrogens is 1. The maximum atomic E-state index is 12.6. The second kappa shape index (κ2) is 5.33. The van der Waals surface area contributed by atoms with Crippen molar-refractivity contribution in [3.8, 4) is 0 Å². The van der Waals surface area contributed by atoms with Crippen LogP contribution in [0.2, 0.25) is 0 Å². The number of pyridine rings is 1. The number of anilines is 1. The lowest BCUT2D eigenvalue weighted by molar-refractivity contribution is 0.0741. The van der Waals surface area contributed by atoms with Gasteiger partial charge in [-0.25, -0.2) is 4.98 Å². The zero-order chi connectivity index (χ0) is 13.9. The van der Waals surface area contributed by atoms with Gasteiger partial charge in [-0.05, 0) is 36.1 Å². The highest BCUT2D eigenvalue weighted by Crippen LogP contribution is 2.20. The first-order valence-corrected chi connectivity index (χ1v) is 6.82. The van der Waals surface area contributed by atoms with Crippen LogP contribution in [0, 0.1) is 0 Å². The zero-order valence-corrected chi connectivity index (χ0v) is 11.2. The Balaban J connectivity index is 1.88. The molecular weight excluding hydrogens is 250 g/mol. The van der Waals surface area contributed by atoms with Gasteiger partial charge in [0, 0.05) is 19.3 Å². The largest absolute Gasteiger partial charge is 0.397 e. The van der Waals surface area contributed by atoms with Gasteiger partial charge in [-0.3, -0.25) is 4.79 Å². The third-order valence-corrected chi connectivity index (χ3v) is 3.68. The fourth-order valence-corrected chi connectivity index (χ4v) is 2.62. The van der Waals surface area contributed by atoms with Gasteiger partial charge in [0.1, 0.15) is 0 Å². The lowest BCUT2D eigenvalue weighted by Gasteiger charge is -2.21. The molecule has 0 radical (unpaired) electrons. The number of hydrogen-bond donors (Lipinski definition) is 1. The average Bonchev–Trinajstić information content (AvgIpc) is 2.69. The number of fused-ring (bicyclic) bond motifs is 1. The molecule has 4 heteroatoms. The molecule has 3 rings (SSSR count). The highest BCUT2D eigenvalue weighted by atomic mass is 16.2. The first-order valence-electron chi connectivity index (χ1n) is 6.82. The number of benzene rings is 1.